The molecular weight excluding hydrogens is 443 g/mol. The number of furan rings is 1. The summed E-state index contributed by atoms with van der Waals surface area (Å²) < 4.78 is 49.1. The van der Waals surface area contributed by atoms with Crippen molar-refractivity contribution in [2.45, 2.75) is 25.1 Å². The minimum Gasteiger partial charge on any atom is -0.444 e. The molecule has 4 rings (SSSR count). The Balaban J connectivity index is 1.43. The number of halogens is 4. The maximum atomic E-state index is 12.7. The first-order chi connectivity index (χ1) is 13.3. The molecular formula is C18H13BrF3N3O3. The number of benzene rings is 1. The molecule has 1 aliphatic rings. The molecule has 0 aliphatic carbocycles. The molecule has 146 valence electrons. The summed E-state index contributed by atoms with van der Waals surface area (Å²) in [6.45, 7) is 0.587. The van der Waals surface area contributed by atoms with Crippen molar-refractivity contribution in [2.24, 2.45) is 0 Å². The lowest BCUT2D eigenvalue weighted by molar-refractivity contribution is -0.137. The largest absolute Gasteiger partial charge is 0.444 e. The standard InChI is InChI=1S/C18H13BrF3N3O3/c19-14-6-5-13(27-14)17-23-16(24-28-17)11-7-15(26)25(9-11)8-10-1-3-12(4-2-10)18(20,21)22/h1-6,11H,7-9H2. The van der Waals surface area contributed by atoms with Crippen molar-refractivity contribution in [2.75, 3.05) is 6.54 Å². The van der Waals surface area contributed by atoms with E-state index in [4.69, 9.17) is 8.94 Å². The fraction of sp³-hybridized carbons (Fsp3) is 0.278. The van der Waals surface area contributed by atoms with Gasteiger partial charge in [-0.05, 0) is 45.8 Å². The highest BCUT2D eigenvalue weighted by atomic mass is 79.9. The smallest absolute Gasteiger partial charge is 0.416 e. The lowest BCUT2D eigenvalue weighted by atomic mass is 10.1. The van der Waals surface area contributed by atoms with Crippen LogP contribution in [0.4, 0.5) is 13.2 Å². The van der Waals surface area contributed by atoms with E-state index in [1.165, 1.54) is 12.1 Å². The van der Waals surface area contributed by atoms with Crippen molar-refractivity contribution in [3.05, 3.63) is 58.0 Å². The summed E-state index contributed by atoms with van der Waals surface area (Å²) in [5, 5.41) is 3.93. The second-order valence-electron chi connectivity index (χ2n) is 6.43. The van der Waals surface area contributed by atoms with Crippen LogP contribution < -0.4 is 0 Å². The number of aromatic nitrogens is 2. The maximum Gasteiger partial charge on any atom is 0.416 e. The van der Waals surface area contributed by atoms with E-state index in [1.54, 1.807) is 17.0 Å². The minimum atomic E-state index is -4.38. The number of carbonyl (C=O) groups excluding carboxylic acids is 1. The van der Waals surface area contributed by atoms with Crippen LogP contribution in [0.5, 0.6) is 0 Å². The van der Waals surface area contributed by atoms with Gasteiger partial charge >= 0.3 is 6.18 Å². The van der Waals surface area contributed by atoms with E-state index in [0.717, 1.165) is 12.1 Å². The lowest BCUT2D eigenvalue weighted by Crippen LogP contribution is -2.24. The van der Waals surface area contributed by atoms with Crippen LogP contribution >= 0.6 is 15.9 Å². The molecule has 0 radical (unpaired) electrons. The molecule has 0 spiro atoms. The zero-order valence-electron chi connectivity index (χ0n) is 14.2. The van der Waals surface area contributed by atoms with Crippen LogP contribution in [0.15, 0.2) is 50.0 Å². The highest BCUT2D eigenvalue weighted by molar-refractivity contribution is 9.10. The SMILES string of the molecule is O=C1CC(c2noc(-c3ccc(Br)o3)n2)CN1Cc1ccc(C(F)(F)F)cc1. The normalized spacial score (nSPS) is 17.5. The Morgan fingerprint density at radius 3 is 2.57 bits per heavy atom. The van der Waals surface area contributed by atoms with Crippen LogP contribution in [0.2, 0.25) is 0 Å². The van der Waals surface area contributed by atoms with Gasteiger partial charge in [0.05, 0.1) is 5.56 Å². The van der Waals surface area contributed by atoms with Gasteiger partial charge in [0.25, 0.3) is 5.89 Å². The van der Waals surface area contributed by atoms with Crippen molar-refractivity contribution < 1.29 is 26.9 Å². The Morgan fingerprint density at radius 2 is 1.93 bits per heavy atom. The number of likely N-dealkylation sites (tertiary alicyclic amines) is 1. The molecule has 1 aliphatic heterocycles. The molecule has 3 aromatic rings. The van der Waals surface area contributed by atoms with Crippen LogP contribution in [0.3, 0.4) is 0 Å². The number of amides is 1. The Labute approximate surface area is 165 Å². The zero-order valence-corrected chi connectivity index (χ0v) is 15.8. The van der Waals surface area contributed by atoms with Gasteiger partial charge in [-0.3, -0.25) is 4.79 Å². The van der Waals surface area contributed by atoms with Crippen LogP contribution in [0.1, 0.15) is 29.3 Å². The van der Waals surface area contributed by atoms with Gasteiger partial charge in [0, 0.05) is 25.4 Å². The summed E-state index contributed by atoms with van der Waals surface area (Å²) in [6.07, 6.45) is -4.17. The van der Waals surface area contributed by atoms with Gasteiger partial charge in [0.2, 0.25) is 5.91 Å². The number of rotatable bonds is 4. The molecule has 0 N–H and O–H groups in total. The van der Waals surface area contributed by atoms with Gasteiger partial charge in [0.1, 0.15) is 0 Å². The molecule has 1 atom stereocenters. The highest BCUT2D eigenvalue weighted by Gasteiger charge is 2.34. The van der Waals surface area contributed by atoms with E-state index >= 15 is 0 Å². The summed E-state index contributed by atoms with van der Waals surface area (Å²) in [5.41, 5.74) is -0.0954. The molecule has 1 unspecified atom stereocenters. The quantitative estimate of drug-likeness (QED) is 0.573. The van der Waals surface area contributed by atoms with E-state index in [0.29, 0.717) is 28.4 Å². The van der Waals surface area contributed by atoms with Gasteiger partial charge in [-0.1, -0.05) is 17.3 Å². The fourth-order valence-corrected chi connectivity index (χ4v) is 3.35. The first kappa shape index (κ1) is 18.7. The molecule has 1 aromatic carbocycles. The summed E-state index contributed by atoms with van der Waals surface area (Å²) >= 11 is 3.19. The molecule has 1 fully saturated rings. The van der Waals surface area contributed by atoms with Crippen LogP contribution in [-0.4, -0.2) is 27.5 Å². The topological polar surface area (TPSA) is 72.4 Å². The Hall–Kier alpha value is -2.62. The third-order valence-corrected chi connectivity index (χ3v) is 4.89. The van der Waals surface area contributed by atoms with E-state index in [2.05, 4.69) is 26.1 Å². The van der Waals surface area contributed by atoms with Gasteiger partial charge in [-0.25, -0.2) is 0 Å². The Kier molecular flexibility index (Phi) is 4.74. The molecule has 6 nitrogen and oxygen atoms in total. The first-order valence-electron chi connectivity index (χ1n) is 8.33. The van der Waals surface area contributed by atoms with Gasteiger partial charge in [-0.15, -0.1) is 0 Å². The number of alkyl halides is 3. The minimum absolute atomic E-state index is 0.114. The highest BCUT2D eigenvalue weighted by Crippen LogP contribution is 2.32. The monoisotopic (exact) mass is 455 g/mol. The maximum absolute atomic E-state index is 12.7. The number of hydrogen-bond donors (Lipinski definition) is 0. The first-order valence-corrected chi connectivity index (χ1v) is 9.12. The molecule has 0 bridgehead atoms. The summed E-state index contributed by atoms with van der Waals surface area (Å²) in [7, 11) is 0. The Bertz CT molecular complexity index is 997. The van der Waals surface area contributed by atoms with E-state index in [9.17, 15) is 18.0 Å². The van der Waals surface area contributed by atoms with Crippen LogP contribution in [0, 0.1) is 0 Å². The van der Waals surface area contributed by atoms with Crippen molar-refractivity contribution in [1.82, 2.24) is 15.0 Å². The van der Waals surface area contributed by atoms with Crippen molar-refractivity contribution >= 4 is 21.8 Å². The average molecular weight is 456 g/mol. The van der Waals surface area contributed by atoms with Crippen LogP contribution in [0.25, 0.3) is 11.7 Å². The second kappa shape index (κ2) is 7.08. The van der Waals surface area contributed by atoms with Crippen molar-refractivity contribution in [3.8, 4) is 11.7 Å². The second-order valence-corrected chi connectivity index (χ2v) is 7.21. The molecule has 3 heterocycles. The molecule has 10 heteroatoms. The average Bonchev–Trinajstić information content (AvgIpc) is 3.35. The fourth-order valence-electron chi connectivity index (χ4n) is 3.05. The molecule has 1 saturated heterocycles. The predicted octanol–water partition coefficient (Wildman–Crippen LogP) is 4.63. The van der Waals surface area contributed by atoms with E-state index < -0.39 is 11.7 Å². The summed E-state index contributed by atoms with van der Waals surface area (Å²) in [6, 6.07) is 8.16. The number of nitrogens with zero attached hydrogens (tertiary/aromatic N) is 3. The van der Waals surface area contributed by atoms with Gasteiger partial charge in [-0.2, -0.15) is 18.2 Å². The van der Waals surface area contributed by atoms with E-state index in [1.807, 2.05) is 0 Å². The Morgan fingerprint density at radius 1 is 1.18 bits per heavy atom. The molecule has 2 aromatic heterocycles. The van der Waals surface area contributed by atoms with Crippen LogP contribution in [-0.2, 0) is 17.5 Å². The van der Waals surface area contributed by atoms with Crippen molar-refractivity contribution in [3.63, 3.8) is 0 Å². The van der Waals surface area contributed by atoms with Gasteiger partial charge < -0.3 is 13.8 Å². The predicted molar refractivity (Wildman–Crippen MR) is 93.9 cm³/mol. The molecule has 28 heavy (non-hydrogen) atoms. The number of carbonyl (C=O) groups is 1. The third-order valence-electron chi connectivity index (χ3n) is 4.46. The lowest BCUT2D eigenvalue weighted by Gasteiger charge is -2.16. The molecule has 1 amide bonds. The van der Waals surface area contributed by atoms with Crippen molar-refractivity contribution in [1.29, 1.82) is 0 Å². The summed E-state index contributed by atoms with van der Waals surface area (Å²) in [4.78, 5) is 18.2. The third kappa shape index (κ3) is 3.82. The molecule has 0 saturated carbocycles. The van der Waals surface area contributed by atoms with E-state index in [-0.39, 0.29) is 30.7 Å². The number of hydrogen-bond acceptors (Lipinski definition) is 5. The summed E-state index contributed by atoms with van der Waals surface area (Å²) in [5.74, 6) is 0.659. The zero-order chi connectivity index (χ0) is 19.9. The van der Waals surface area contributed by atoms with Gasteiger partial charge in [0.15, 0.2) is 16.3 Å².